The Labute approximate surface area is 126 Å². The maximum Gasteiger partial charge on any atom is 0.234 e. The van der Waals surface area contributed by atoms with E-state index in [4.69, 9.17) is 4.74 Å². The maximum absolute atomic E-state index is 11.7. The zero-order valence-corrected chi connectivity index (χ0v) is 12.9. The second-order valence-electron chi connectivity index (χ2n) is 5.37. The van der Waals surface area contributed by atoms with Gasteiger partial charge in [0.25, 0.3) is 0 Å². The summed E-state index contributed by atoms with van der Waals surface area (Å²) in [6.07, 6.45) is 2.47. The summed E-state index contributed by atoms with van der Waals surface area (Å²) in [5.74, 6) is 0.897. The van der Waals surface area contributed by atoms with Crippen LogP contribution in [0.15, 0.2) is 24.3 Å². The van der Waals surface area contributed by atoms with Crippen LogP contribution in [-0.2, 0) is 4.79 Å². The molecule has 1 saturated heterocycles. The lowest BCUT2D eigenvalue weighted by Gasteiger charge is -2.28. The number of ether oxygens (including phenoxy) is 1. The van der Waals surface area contributed by atoms with Crippen molar-refractivity contribution in [3.63, 3.8) is 0 Å². The molecule has 1 aromatic rings. The molecular weight excluding hydrogens is 266 g/mol. The Balaban J connectivity index is 2.05. The highest BCUT2D eigenvalue weighted by atomic mass is 16.5. The Kier molecular flexibility index (Phi) is 6.02. The first kappa shape index (κ1) is 15.8. The summed E-state index contributed by atoms with van der Waals surface area (Å²) < 4.78 is 5.21. The molecule has 1 atom stereocenters. The van der Waals surface area contributed by atoms with Crippen molar-refractivity contribution in [1.29, 1.82) is 0 Å². The van der Waals surface area contributed by atoms with Gasteiger partial charge in [-0.05, 0) is 50.7 Å². The normalized spacial score (nSPS) is 16.7. The molecule has 1 amide bonds. The Morgan fingerprint density at radius 3 is 2.52 bits per heavy atom. The molecule has 1 fully saturated rings. The lowest BCUT2D eigenvalue weighted by atomic mass is 10.1. The third-order valence-corrected chi connectivity index (χ3v) is 3.91. The number of nitrogens with zero attached hydrogens (tertiary/aromatic N) is 1. The van der Waals surface area contributed by atoms with Gasteiger partial charge in [-0.1, -0.05) is 12.1 Å². The highest BCUT2D eigenvalue weighted by molar-refractivity contribution is 5.77. The molecule has 2 N–H and O–H groups in total. The van der Waals surface area contributed by atoms with Crippen molar-refractivity contribution in [3.05, 3.63) is 29.8 Å². The van der Waals surface area contributed by atoms with Gasteiger partial charge in [-0.15, -0.1) is 0 Å². The Bertz CT molecular complexity index is 441. The number of hydrogen-bond donors (Lipinski definition) is 2. The smallest absolute Gasteiger partial charge is 0.234 e. The van der Waals surface area contributed by atoms with E-state index in [1.807, 2.05) is 12.1 Å². The van der Waals surface area contributed by atoms with E-state index in [0.717, 1.165) is 18.8 Å². The van der Waals surface area contributed by atoms with Crippen molar-refractivity contribution >= 4 is 5.91 Å². The van der Waals surface area contributed by atoms with Crippen LogP contribution in [-0.4, -0.2) is 51.1 Å². The van der Waals surface area contributed by atoms with Crippen LogP contribution in [0.2, 0.25) is 0 Å². The van der Waals surface area contributed by atoms with Crippen LogP contribution in [0.25, 0.3) is 0 Å². The van der Waals surface area contributed by atoms with E-state index in [1.54, 1.807) is 14.2 Å². The van der Waals surface area contributed by atoms with Crippen LogP contribution in [0.5, 0.6) is 5.75 Å². The van der Waals surface area contributed by atoms with Crippen molar-refractivity contribution in [2.45, 2.75) is 18.9 Å². The zero-order chi connectivity index (χ0) is 15.1. The van der Waals surface area contributed by atoms with Crippen LogP contribution < -0.4 is 15.4 Å². The minimum absolute atomic E-state index is 0.0372. The number of nitrogens with one attached hydrogen (secondary N) is 2. The predicted octanol–water partition coefficient (Wildman–Crippen LogP) is 1.17. The van der Waals surface area contributed by atoms with Crippen molar-refractivity contribution < 1.29 is 9.53 Å². The molecule has 0 saturated carbocycles. The van der Waals surface area contributed by atoms with Gasteiger partial charge in [0.2, 0.25) is 5.91 Å². The van der Waals surface area contributed by atoms with Crippen LogP contribution in [0.1, 0.15) is 24.4 Å². The van der Waals surface area contributed by atoms with Gasteiger partial charge >= 0.3 is 0 Å². The Morgan fingerprint density at radius 2 is 1.95 bits per heavy atom. The first-order valence-electron chi connectivity index (χ1n) is 7.54. The molecule has 1 aliphatic heterocycles. The van der Waals surface area contributed by atoms with Gasteiger partial charge in [0.05, 0.1) is 19.7 Å². The van der Waals surface area contributed by atoms with Gasteiger partial charge in [0, 0.05) is 6.54 Å². The first-order valence-corrected chi connectivity index (χ1v) is 7.54. The average molecular weight is 291 g/mol. The standard InChI is InChI=1S/C16H25N3O2/c1-17-12-16(20)18-11-15(19-9-3-4-10-19)13-5-7-14(21-2)8-6-13/h5-8,15,17H,3-4,9-12H2,1-2H3,(H,18,20). The molecule has 116 valence electrons. The van der Waals surface area contributed by atoms with E-state index in [1.165, 1.54) is 18.4 Å². The van der Waals surface area contributed by atoms with Crippen LogP contribution >= 0.6 is 0 Å². The summed E-state index contributed by atoms with van der Waals surface area (Å²) in [6.45, 7) is 3.19. The number of carbonyl (C=O) groups is 1. The number of methoxy groups -OCH3 is 1. The van der Waals surface area contributed by atoms with Crippen molar-refractivity contribution in [2.75, 3.05) is 40.3 Å². The molecule has 0 aliphatic carbocycles. The monoisotopic (exact) mass is 291 g/mol. The second kappa shape index (κ2) is 8.00. The average Bonchev–Trinajstić information content (AvgIpc) is 3.02. The third-order valence-electron chi connectivity index (χ3n) is 3.91. The minimum Gasteiger partial charge on any atom is -0.497 e. The van der Waals surface area contributed by atoms with E-state index < -0.39 is 0 Å². The number of hydrogen-bond acceptors (Lipinski definition) is 4. The summed E-state index contributed by atoms with van der Waals surface area (Å²) in [4.78, 5) is 14.1. The second-order valence-corrected chi connectivity index (χ2v) is 5.37. The van der Waals surface area contributed by atoms with E-state index in [2.05, 4.69) is 27.7 Å². The molecule has 1 aromatic carbocycles. The van der Waals surface area contributed by atoms with Gasteiger partial charge in [-0.25, -0.2) is 0 Å². The lowest BCUT2D eigenvalue weighted by molar-refractivity contribution is -0.120. The fourth-order valence-corrected chi connectivity index (χ4v) is 2.77. The summed E-state index contributed by atoms with van der Waals surface area (Å²) in [5.41, 5.74) is 1.22. The number of likely N-dealkylation sites (N-methyl/N-ethyl adjacent to an activating group) is 1. The number of amides is 1. The topological polar surface area (TPSA) is 53.6 Å². The van der Waals surface area contributed by atoms with E-state index in [0.29, 0.717) is 13.1 Å². The fraction of sp³-hybridized carbons (Fsp3) is 0.562. The van der Waals surface area contributed by atoms with Crippen molar-refractivity contribution in [2.24, 2.45) is 0 Å². The molecule has 0 aromatic heterocycles. The van der Waals surface area contributed by atoms with Crippen LogP contribution in [0.4, 0.5) is 0 Å². The fourth-order valence-electron chi connectivity index (χ4n) is 2.77. The van der Waals surface area contributed by atoms with Gasteiger partial charge in [0.1, 0.15) is 5.75 Å². The summed E-state index contributed by atoms with van der Waals surface area (Å²) in [7, 11) is 3.45. The summed E-state index contributed by atoms with van der Waals surface area (Å²) in [5, 5.41) is 5.89. The number of likely N-dealkylation sites (tertiary alicyclic amines) is 1. The molecule has 0 radical (unpaired) electrons. The molecule has 5 nitrogen and oxygen atoms in total. The molecule has 1 heterocycles. The quantitative estimate of drug-likeness (QED) is 0.792. The van der Waals surface area contributed by atoms with Gasteiger partial charge < -0.3 is 15.4 Å². The lowest BCUT2D eigenvalue weighted by Crippen LogP contribution is -2.39. The zero-order valence-electron chi connectivity index (χ0n) is 12.9. The Hall–Kier alpha value is -1.59. The number of benzene rings is 1. The minimum atomic E-state index is 0.0372. The predicted molar refractivity (Wildman–Crippen MR) is 83.5 cm³/mol. The van der Waals surface area contributed by atoms with Gasteiger partial charge in [0.15, 0.2) is 0 Å². The molecule has 1 aliphatic rings. The van der Waals surface area contributed by atoms with E-state index in [-0.39, 0.29) is 11.9 Å². The van der Waals surface area contributed by atoms with Gasteiger partial charge in [-0.2, -0.15) is 0 Å². The van der Waals surface area contributed by atoms with E-state index in [9.17, 15) is 4.79 Å². The Morgan fingerprint density at radius 1 is 1.29 bits per heavy atom. The highest BCUT2D eigenvalue weighted by Crippen LogP contribution is 2.26. The molecular formula is C16H25N3O2. The first-order chi connectivity index (χ1) is 10.2. The molecule has 0 spiro atoms. The highest BCUT2D eigenvalue weighted by Gasteiger charge is 2.23. The molecule has 2 rings (SSSR count). The molecule has 21 heavy (non-hydrogen) atoms. The van der Waals surface area contributed by atoms with E-state index >= 15 is 0 Å². The summed E-state index contributed by atoms with van der Waals surface area (Å²) in [6, 6.07) is 8.37. The van der Waals surface area contributed by atoms with Gasteiger partial charge in [-0.3, -0.25) is 9.69 Å². The van der Waals surface area contributed by atoms with Crippen molar-refractivity contribution in [1.82, 2.24) is 15.5 Å². The molecule has 5 heteroatoms. The number of carbonyl (C=O) groups excluding carboxylic acids is 1. The maximum atomic E-state index is 11.7. The number of rotatable bonds is 7. The van der Waals surface area contributed by atoms with Crippen molar-refractivity contribution in [3.8, 4) is 5.75 Å². The largest absolute Gasteiger partial charge is 0.497 e. The molecule has 0 bridgehead atoms. The SMILES string of the molecule is CNCC(=O)NCC(c1ccc(OC)cc1)N1CCCC1. The van der Waals surface area contributed by atoms with Crippen LogP contribution in [0.3, 0.4) is 0 Å². The molecule has 1 unspecified atom stereocenters. The van der Waals surface area contributed by atoms with Crippen LogP contribution in [0, 0.1) is 0 Å². The third kappa shape index (κ3) is 4.44. The summed E-state index contributed by atoms with van der Waals surface area (Å²) >= 11 is 0.